The van der Waals surface area contributed by atoms with Gasteiger partial charge < -0.3 is 10.6 Å². The van der Waals surface area contributed by atoms with Gasteiger partial charge in [-0.15, -0.1) is 11.3 Å². The summed E-state index contributed by atoms with van der Waals surface area (Å²) >= 11 is 1.81. The van der Waals surface area contributed by atoms with Gasteiger partial charge in [-0.3, -0.25) is 4.98 Å². The Bertz CT molecular complexity index is 462. The number of pyridine rings is 1. The van der Waals surface area contributed by atoms with E-state index in [4.69, 9.17) is 5.73 Å². The van der Waals surface area contributed by atoms with Crippen molar-refractivity contribution in [3.8, 4) is 0 Å². The Kier molecular flexibility index (Phi) is 4.33. The lowest BCUT2D eigenvalue weighted by molar-refractivity contribution is 0.778. The van der Waals surface area contributed by atoms with Crippen molar-refractivity contribution < 1.29 is 0 Å². The number of thiophene rings is 1. The average Bonchev–Trinajstić information content (AvgIpc) is 2.89. The molecule has 1 atom stereocenters. The van der Waals surface area contributed by atoms with Crippen LogP contribution < -0.4 is 10.6 Å². The average molecular weight is 261 g/mol. The first-order chi connectivity index (χ1) is 8.66. The summed E-state index contributed by atoms with van der Waals surface area (Å²) in [7, 11) is 2.09. The zero-order chi connectivity index (χ0) is 13.0. The van der Waals surface area contributed by atoms with E-state index >= 15 is 0 Å². The molecule has 3 nitrogen and oxygen atoms in total. The van der Waals surface area contributed by atoms with E-state index < -0.39 is 0 Å². The molecule has 2 aromatic rings. The van der Waals surface area contributed by atoms with Gasteiger partial charge in [0, 0.05) is 24.5 Å². The van der Waals surface area contributed by atoms with Gasteiger partial charge in [0.15, 0.2) is 0 Å². The van der Waals surface area contributed by atoms with Gasteiger partial charge in [0.2, 0.25) is 0 Å². The minimum atomic E-state index is -0.00419. The maximum absolute atomic E-state index is 5.79. The fourth-order valence-corrected chi connectivity index (χ4v) is 2.45. The predicted octanol–water partition coefficient (Wildman–Crippen LogP) is 2.84. The lowest BCUT2D eigenvalue weighted by Gasteiger charge is -2.19. The largest absolute Gasteiger partial charge is 0.373 e. The van der Waals surface area contributed by atoms with Crippen molar-refractivity contribution in [2.45, 2.75) is 19.4 Å². The normalized spacial score (nSPS) is 12.4. The van der Waals surface area contributed by atoms with Crippen LogP contribution in [0.15, 0.2) is 35.8 Å². The number of hydrogen-bond acceptors (Lipinski definition) is 4. The highest BCUT2D eigenvalue weighted by Crippen LogP contribution is 2.16. The van der Waals surface area contributed by atoms with Crippen molar-refractivity contribution in [2.24, 2.45) is 5.73 Å². The van der Waals surface area contributed by atoms with E-state index in [2.05, 4.69) is 40.5 Å². The highest BCUT2D eigenvalue weighted by atomic mass is 32.1. The molecule has 0 spiro atoms. The molecule has 0 aliphatic carbocycles. The third kappa shape index (κ3) is 3.31. The van der Waals surface area contributed by atoms with E-state index in [1.807, 2.05) is 30.5 Å². The number of hydrogen-bond donors (Lipinski definition) is 1. The maximum Gasteiger partial charge on any atom is 0.0569 e. The Morgan fingerprint density at radius 3 is 2.78 bits per heavy atom. The quantitative estimate of drug-likeness (QED) is 0.900. The summed E-state index contributed by atoms with van der Waals surface area (Å²) in [5.41, 5.74) is 7.86. The van der Waals surface area contributed by atoms with Crippen molar-refractivity contribution in [3.63, 3.8) is 0 Å². The van der Waals surface area contributed by atoms with Crippen LogP contribution in [0.25, 0.3) is 0 Å². The third-order valence-corrected chi connectivity index (χ3v) is 3.89. The Morgan fingerprint density at radius 1 is 1.39 bits per heavy atom. The summed E-state index contributed by atoms with van der Waals surface area (Å²) in [6.07, 6.45) is 2.97. The number of anilines is 1. The predicted molar refractivity (Wildman–Crippen MR) is 78.1 cm³/mol. The van der Waals surface area contributed by atoms with Crippen molar-refractivity contribution in [2.75, 3.05) is 18.5 Å². The van der Waals surface area contributed by atoms with E-state index in [0.29, 0.717) is 0 Å². The van der Waals surface area contributed by atoms with Crippen LogP contribution in [0.5, 0.6) is 0 Å². The lowest BCUT2D eigenvalue weighted by atomic mass is 10.2. The monoisotopic (exact) mass is 261 g/mol. The van der Waals surface area contributed by atoms with Crippen LogP contribution in [0.1, 0.15) is 23.5 Å². The molecule has 0 saturated heterocycles. The molecule has 2 heterocycles. The standard InChI is InChI=1S/C14H19N3S/c1-11(15)14-6-5-12(10-16-14)17(2)8-7-13-4-3-9-18-13/h3-6,9-11H,7-8,15H2,1-2H3. The molecule has 4 heteroatoms. The molecule has 0 saturated carbocycles. The Labute approximate surface area is 112 Å². The molecule has 18 heavy (non-hydrogen) atoms. The van der Waals surface area contributed by atoms with E-state index in [1.165, 1.54) is 4.88 Å². The van der Waals surface area contributed by atoms with Crippen LogP contribution in [0.3, 0.4) is 0 Å². The summed E-state index contributed by atoms with van der Waals surface area (Å²) in [5, 5.41) is 2.12. The van der Waals surface area contributed by atoms with Crippen LogP contribution in [-0.2, 0) is 6.42 Å². The van der Waals surface area contributed by atoms with Crippen LogP contribution >= 0.6 is 11.3 Å². The molecular weight excluding hydrogens is 242 g/mol. The Hall–Kier alpha value is -1.39. The van der Waals surface area contributed by atoms with E-state index in [9.17, 15) is 0 Å². The van der Waals surface area contributed by atoms with Crippen molar-refractivity contribution >= 4 is 17.0 Å². The first-order valence-electron chi connectivity index (χ1n) is 6.12. The SMILES string of the molecule is CC(N)c1ccc(N(C)CCc2cccs2)cn1. The van der Waals surface area contributed by atoms with Crippen molar-refractivity contribution in [1.29, 1.82) is 0 Å². The second-order valence-electron chi connectivity index (χ2n) is 4.48. The van der Waals surface area contributed by atoms with Crippen LogP contribution in [0.2, 0.25) is 0 Å². The molecule has 2 aromatic heterocycles. The molecular formula is C14H19N3S. The summed E-state index contributed by atoms with van der Waals surface area (Å²) in [5.74, 6) is 0. The minimum absolute atomic E-state index is 0.00419. The molecule has 0 fully saturated rings. The lowest BCUT2D eigenvalue weighted by Crippen LogP contribution is -2.20. The molecule has 2 N–H and O–H groups in total. The van der Waals surface area contributed by atoms with Gasteiger partial charge in [0.05, 0.1) is 17.6 Å². The maximum atomic E-state index is 5.79. The molecule has 0 aliphatic rings. The van der Waals surface area contributed by atoms with Crippen LogP contribution in [0.4, 0.5) is 5.69 Å². The molecule has 0 amide bonds. The Balaban J connectivity index is 1.94. The summed E-state index contributed by atoms with van der Waals surface area (Å²) in [4.78, 5) is 8.02. The molecule has 1 unspecified atom stereocenters. The highest BCUT2D eigenvalue weighted by Gasteiger charge is 2.04. The first kappa shape index (κ1) is 13.1. The van der Waals surface area contributed by atoms with Gasteiger partial charge >= 0.3 is 0 Å². The van der Waals surface area contributed by atoms with E-state index in [-0.39, 0.29) is 6.04 Å². The van der Waals surface area contributed by atoms with Crippen LogP contribution in [-0.4, -0.2) is 18.6 Å². The highest BCUT2D eigenvalue weighted by molar-refractivity contribution is 7.09. The van der Waals surface area contributed by atoms with Crippen LogP contribution in [0, 0.1) is 0 Å². The molecule has 0 radical (unpaired) electrons. The molecule has 0 aromatic carbocycles. The van der Waals surface area contributed by atoms with Crippen molar-refractivity contribution in [1.82, 2.24) is 4.98 Å². The number of nitrogens with zero attached hydrogens (tertiary/aromatic N) is 2. The van der Waals surface area contributed by atoms with Gasteiger partial charge in [-0.1, -0.05) is 6.07 Å². The number of likely N-dealkylation sites (N-methyl/N-ethyl adjacent to an activating group) is 1. The molecule has 96 valence electrons. The van der Waals surface area contributed by atoms with E-state index in [1.54, 1.807) is 0 Å². The third-order valence-electron chi connectivity index (χ3n) is 2.95. The van der Waals surface area contributed by atoms with Crippen molar-refractivity contribution in [3.05, 3.63) is 46.4 Å². The molecule has 0 bridgehead atoms. The molecule has 0 aliphatic heterocycles. The topological polar surface area (TPSA) is 42.1 Å². The van der Waals surface area contributed by atoms with E-state index in [0.717, 1.165) is 24.3 Å². The summed E-state index contributed by atoms with van der Waals surface area (Å²) < 4.78 is 0. The first-order valence-corrected chi connectivity index (χ1v) is 7.00. The number of rotatable bonds is 5. The number of aromatic nitrogens is 1. The summed E-state index contributed by atoms with van der Waals surface area (Å²) in [6, 6.07) is 8.35. The Morgan fingerprint density at radius 2 is 2.22 bits per heavy atom. The smallest absolute Gasteiger partial charge is 0.0569 e. The van der Waals surface area contributed by atoms with Gasteiger partial charge in [0.1, 0.15) is 0 Å². The second-order valence-corrected chi connectivity index (χ2v) is 5.51. The number of nitrogens with two attached hydrogens (primary N) is 1. The molecule has 2 rings (SSSR count). The van der Waals surface area contributed by atoms with Gasteiger partial charge in [-0.05, 0) is 36.9 Å². The second kappa shape index (κ2) is 5.98. The van der Waals surface area contributed by atoms with Gasteiger partial charge in [0.25, 0.3) is 0 Å². The fourth-order valence-electron chi connectivity index (χ4n) is 1.75. The van der Waals surface area contributed by atoms with Gasteiger partial charge in [-0.2, -0.15) is 0 Å². The van der Waals surface area contributed by atoms with Gasteiger partial charge in [-0.25, -0.2) is 0 Å². The minimum Gasteiger partial charge on any atom is -0.373 e. The summed E-state index contributed by atoms with van der Waals surface area (Å²) in [6.45, 7) is 2.95. The zero-order valence-electron chi connectivity index (χ0n) is 10.8. The fraction of sp³-hybridized carbons (Fsp3) is 0.357. The zero-order valence-corrected chi connectivity index (χ0v) is 11.7.